The maximum Gasteiger partial charge on any atom is 0.0835 e. The fraction of sp³-hybridized carbons (Fsp3) is 0.556. The van der Waals surface area contributed by atoms with Crippen LogP contribution in [0.5, 0.6) is 0 Å². The van der Waals surface area contributed by atoms with E-state index in [1.54, 1.807) is 10.9 Å². The number of nitrogens with zero attached hydrogens (tertiary/aromatic N) is 4. The Morgan fingerprint density at radius 2 is 2.22 bits per heavy atom. The quantitative estimate of drug-likeness (QED) is 0.890. The zero-order chi connectivity index (χ0) is 16.2. The molecule has 1 saturated heterocycles. The highest BCUT2D eigenvalue weighted by atomic mass is 16.3. The van der Waals surface area contributed by atoms with E-state index in [4.69, 9.17) is 0 Å². The molecule has 1 aliphatic heterocycles. The van der Waals surface area contributed by atoms with E-state index in [1.807, 2.05) is 19.4 Å². The van der Waals surface area contributed by atoms with Crippen LogP contribution in [0.2, 0.25) is 0 Å². The highest BCUT2D eigenvalue weighted by molar-refractivity contribution is 5.14. The SMILES string of the molecule is CCc1ccc(CN2CCCC2CC(O)c2cnn(C)c2)nc1. The molecule has 3 rings (SSSR count). The van der Waals surface area contributed by atoms with Gasteiger partial charge in [0.2, 0.25) is 0 Å². The summed E-state index contributed by atoms with van der Waals surface area (Å²) in [5, 5.41) is 14.6. The lowest BCUT2D eigenvalue weighted by Gasteiger charge is -2.25. The molecule has 5 heteroatoms. The van der Waals surface area contributed by atoms with Crippen LogP contribution in [0.25, 0.3) is 0 Å². The first-order valence-electron chi connectivity index (χ1n) is 8.50. The van der Waals surface area contributed by atoms with Gasteiger partial charge in [-0.1, -0.05) is 13.0 Å². The fourth-order valence-electron chi connectivity index (χ4n) is 3.34. The van der Waals surface area contributed by atoms with Gasteiger partial charge in [-0.05, 0) is 43.9 Å². The van der Waals surface area contributed by atoms with E-state index in [0.717, 1.165) is 43.6 Å². The normalized spacial score (nSPS) is 20.0. The first kappa shape index (κ1) is 16.1. The smallest absolute Gasteiger partial charge is 0.0835 e. The zero-order valence-corrected chi connectivity index (χ0v) is 14.0. The van der Waals surface area contributed by atoms with Gasteiger partial charge in [0.1, 0.15) is 0 Å². The number of hydrogen-bond acceptors (Lipinski definition) is 4. The first-order chi connectivity index (χ1) is 11.2. The first-order valence-corrected chi connectivity index (χ1v) is 8.50. The summed E-state index contributed by atoms with van der Waals surface area (Å²) in [6.07, 6.45) is 9.32. The molecule has 0 aliphatic carbocycles. The molecule has 1 aliphatic rings. The van der Waals surface area contributed by atoms with Crippen molar-refractivity contribution in [3.8, 4) is 0 Å². The highest BCUT2D eigenvalue weighted by Gasteiger charge is 2.27. The molecule has 0 saturated carbocycles. The van der Waals surface area contributed by atoms with Gasteiger partial charge in [0.15, 0.2) is 0 Å². The molecule has 0 bridgehead atoms. The Morgan fingerprint density at radius 1 is 1.35 bits per heavy atom. The van der Waals surface area contributed by atoms with Crippen LogP contribution in [-0.2, 0) is 20.0 Å². The van der Waals surface area contributed by atoms with E-state index in [-0.39, 0.29) is 0 Å². The number of aryl methyl sites for hydroxylation is 2. The number of likely N-dealkylation sites (tertiary alicyclic amines) is 1. The molecule has 0 radical (unpaired) electrons. The van der Waals surface area contributed by atoms with Gasteiger partial charge < -0.3 is 5.11 Å². The second-order valence-corrected chi connectivity index (χ2v) is 6.48. The number of aromatic nitrogens is 3. The van der Waals surface area contributed by atoms with Crippen LogP contribution in [0.15, 0.2) is 30.7 Å². The summed E-state index contributed by atoms with van der Waals surface area (Å²) < 4.78 is 1.74. The summed E-state index contributed by atoms with van der Waals surface area (Å²) in [5.74, 6) is 0. The molecule has 2 unspecified atom stereocenters. The third kappa shape index (κ3) is 3.98. The highest BCUT2D eigenvalue weighted by Crippen LogP contribution is 2.28. The Balaban J connectivity index is 1.60. The van der Waals surface area contributed by atoms with Crippen LogP contribution >= 0.6 is 0 Å². The summed E-state index contributed by atoms with van der Waals surface area (Å²) in [6, 6.07) is 4.71. The summed E-state index contributed by atoms with van der Waals surface area (Å²) in [6.45, 7) is 4.10. The molecule has 3 heterocycles. The number of rotatable bonds is 6. The molecule has 2 atom stereocenters. The Morgan fingerprint density at radius 3 is 2.87 bits per heavy atom. The molecule has 1 fully saturated rings. The van der Waals surface area contributed by atoms with Crippen molar-refractivity contribution in [2.75, 3.05) is 6.54 Å². The average molecular weight is 314 g/mol. The van der Waals surface area contributed by atoms with Crippen molar-refractivity contribution < 1.29 is 5.11 Å². The predicted molar refractivity (Wildman–Crippen MR) is 89.8 cm³/mol. The number of aliphatic hydroxyl groups is 1. The van der Waals surface area contributed by atoms with E-state index in [1.165, 1.54) is 12.0 Å². The second kappa shape index (κ2) is 7.23. The summed E-state index contributed by atoms with van der Waals surface area (Å²) in [4.78, 5) is 7.02. The summed E-state index contributed by atoms with van der Waals surface area (Å²) in [7, 11) is 1.88. The molecule has 0 aromatic carbocycles. The van der Waals surface area contributed by atoms with Crippen molar-refractivity contribution in [3.63, 3.8) is 0 Å². The molecule has 124 valence electrons. The third-order valence-electron chi connectivity index (χ3n) is 4.76. The van der Waals surface area contributed by atoms with E-state index >= 15 is 0 Å². The van der Waals surface area contributed by atoms with Crippen LogP contribution in [0, 0.1) is 0 Å². The van der Waals surface area contributed by atoms with Gasteiger partial charge >= 0.3 is 0 Å². The molecule has 0 spiro atoms. The molecule has 2 aromatic heterocycles. The molecule has 5 nitrogen and oxygen atoms in total. The van der Waals surface area contributed by atoms with E-state index < -0.39 is 6.10 Å². The maximum atomic E-state index is 10.5. The van der Waals surface area contributed by atoms with Gasteiger partial charge in [-0.2, -0.15) is 5.10 Å². The monoisotopic (exact) mass is 314 g/mol. The van der Waals surface area contributed by atoms with Crippen molar-refractivity contribution >= 4 is 0 Å². The third-order valence-corrected chi connectivity index (χ3v) is 4.76. The molecule has 23 heavy (non-hydrogen) atoms. The lowest BCUT2D eigenvalue weighted by molar-refractivity contribution is 0.117. The summed E-state index contributed by atoms with van der Waals surface area (Å²) >= 11 is 0. The van der Waals surface area contributed by atoms with Gasteiger partial charge in [-0.15, -0.1) is 0 Å². The number of hydrogen-bond donors (Lipinski definition) is 1. The average Bonchev–Trinajstić information content (AvgIpc) is 3.17. The van der Waals surface area contributed by atoms with Crippen molar-refractivity contribution in [1.82, 2.24) is 19.7 Å². The van der Waals surface area contributed by atoms with Gasteiger partial charge in [0.25, 0.3) is 0 Å². The van der Waals surface area contributed by atoms with Crippen LogP contribution in [0.1, 0.15) is 49.1 Å². The lowest BCUT2D eigenvalue weighted by atomic mass is 10.0. The van der Waals surface area contributed by atoms with Crippen molar-refractivity contribution in [3.05, 3.63) is 47.5 Å². The van der Waals surface area contributed by atoms with Gasteiger partial charge in [-0.3, -0.25) is 14.6 Å². The maximum absolute atomic E-state index is 10.5. The molecule has 0 amide bonds. The van der Waals surface area contributed by atoms with Crippen molar-refractivity contribution in [2.45, 2.75) is 51.3 Å². The van der Waals surface area contributed by atoms with Crippen LogP contribution in [0.4, 0.5) is 0 Å². The van der Waals surface area contributed by atoms with Crippen LogP contribution in [0.3, 0.4) is 0 Å². The molecular formula is C18H26N4O. The van der Waals surface area contributed by atoms with E-state index in [2.05, 4.69) is 34.0 Å². The Hall–Kier alpha value is -1.72. The minimum Gasteiger partial charge on any atom is -0.388 e. The number of aliphatic hydroxyl groups excluding tert-OH is 1. The van der Waals surface area contributed by atoms with Crippen molar-refractivity contribution in [1.29, 1.82) is 0 Å². The zero-order valence-electron chi connectivity index (χ0n) is 14.0. The largest absolute Gasteiger partial charge is 0.388 e. The van der Waals surface area contributed by atoms with Crippen LogP contribution in [-0.4, -0.2) is 37.4 Å². The van der Waals surface area contributed by atoms with Gasteiger partial charge in [0, 0.05) is 37.6 Å². The lowest BCUT2D eigenvalue weighted by Crippen LogP contribution is -2.30. The summed E-state index contributed by atoms with van der Waals surface area (Å²) in [5.41, 5.74) is 3.30. The fourth-order valence-corrected chi connectivity index (χ4v) is 3.34. The van der Waals surface area contributed by atoms with Gasteiger partial charge in [-0.25, -0.2) is 0 Å². The van der Waals surface area contributed by atoms with Crippen LogP contribution < -0.4 is 0 Å². The van der Waals surface area contributed by atoms with E-state index in [9.17, 15) is 5.11 Å². The number of pyridine rings is 1. The van der Waals surface area contributed by atoms with Crippen molar-refractivity contribution in [2.24, 2.45) is 7.05 Å². The minimum absolute atomic E-state index is 0.415. The Kier molecular flexibility index (Phi) is 5.08. The molecule has 1 N–H and O–H groups in total. The Labute approximate surface area is 138 Å². The van der Waals surface area contributed by atoms with E-state index in [0.29, 0.717) is 6.04 Å². The second-order valence-electron chi connectivity index (χ2n) is 6.48. The molecular weight excluding hydrogens is 288 g/mol. The standard InChI is InChI=1S/C18H26N4O/c1-3-14-6-7-16(19-10-14)13-22-8-4-5-17(22)9-18(23)15-11-20-21(2)12-15/h6-7,10-12,17-18,23H,3-5,8-9,13H2,1-2H3. The molecule has 2 aromatic rings. The minimum atomic E-state index is -0.440. The topological polar surface area (TPSA) is 54.2 Å². The predicted octanol–water partition coefficient (Wildman–Crippen LogP) is 2.47. The van der Waals surface area contributed by atoms with Gasteiger partial charge in [0.05, 0.1) is 18.0 Å². The Bertz CT molecular complexity index is 622.